The lowest BCUT2D eigenvalue weighted by Crippen LogP contribution is -2.22. The zero-order valence-electron chi connectivity index (χ0n) is 12.0. The van der Waals surface area contributed by atoms with Crippen molar-refractivity contribution in [3.05, 3.63) is 41.5 Å². The average molecular weight is 304 g/mol. The average Bonchev–Trinajstić information content (AvgIpc) is 3.18. The number of aromatic nitrogens is 2. The second kappa shape index (κ2) is 5.52. The molecule has 1 aromatic heterocycles. The molecule has 21 heavy (non-hydrogen) atoms. The highest BCUT2D eigenvalue weighted by molar-refractivity contribution is 7.98. The molecule has 1 aromatic carbocycles. The molecule has 1 aliphatic carbocycles. The lowest BCUT2D eigenvalue weighted by Gasteiger charge is -2.05. The molecule has 0 amide bonds. The number of methoxy groups -OCH3 is 1. The standard InChI is InChI=1S/C15H16N2O3S/c1-10-3-5-11(6-4-10)21-9-12-16-13(20-17-12)15(7-8-15)14(18)19-2/h3-6H,7-9H2,1-2H3. The molecule has 5 nitrogen and oxygen atoms in total. The van der Waals surface area contributed by atoms with E-state index in [0.717, 1.165) is 4.90 Å². The summed E-state index contributed by atoms with van der Waals surface area (Å²) in [5.74, 6) is 1.31. The molecule has 1 aliphatic rings. The van der Waals surface area contributed by atoms with Gasteiger partial charge in [-0.25, -0.2) is 0 Å². The summed E-state index contributed by atoms with van der Waals surface area (Å²) < 4.78 is 10.1. The monoisotopic (exact) mass is 304 g/mol. The zero-order chi connectivity index (χ0) is 14.9. The Bertz CT molecular complexity index is 647. The van der Waals surface area contributed by atoms with Crippen molar-refractivity contribution in [2.24, 2.45) is 0 Å². The number of carbonyl (C=O) groups excluding carboxylic acids is 1. The molecule has 0 spiro atoms. The maximum Gasteiger partial charge on any atom is 0.321 e. The molecule has 6 heteroatoms. The van der Waals surface area contributed by atoms with E-state index in [-0.39, 0.29) is 5.97 Å². The van der Waals surface area contributed by atoms with Gasteiger partial charge in [0.15, 0.2) is 5.82 Å². The molecule has 0 aliphatic heterocycles. The Kier molecular flexibility index (Phi) is 3.71. The van der Waals surface area contributed by atoms with Crippen LogP contribution in [0.1, 0.15) is 30.1 Å². The van der Waals surface area contributed by atoms with Crippen LogP contribution in [0.25, 0.3) is 0 Å². The Balaban J connectivity index is 1.66. The van der Waals surface area contributed by atoms with Gasteiger partial charge in [0.1, 0.15) is 5.41 Å². The minimum Gasteiger partial charge on any atom is -0.468 e. The van der Waals surface area contributed by atoms with Gasteiger partial charge >= 0.3 is 5.97 Å². The SMILES string of the molecule is COC(=O)C1(c2nc(CSc3ccc(C)cc3)no2)CC1. The highest BCUT2D eigenvalue weighted by Gasteiger charge is 2.57. The summed E-state index contributed by atoms with van der Waals surface area (Å²) in [6.45, 7) is 2.06. The van der Waals surface area contributed by atoms with Gasteiger partial charge in [-0.3, -0.25) is 4.79 Å². The van der Waals surface area contributed by atoms with Crippen LogP contribution in [0.3, 0.4) is 0 Å². The Morgan fingerprint density at radius 1 is 1.38 bits per heavy atom. The van der Waals surface area contributed by atoms with Crippen molar-refractivity contribution in [1.82, 2.24) is 10.1 Å². The summed E-state index contributed by atoms with van der Waals surface area (Å²) in [5.41, 5.74) is 0.545. The smallest absolute Gasteiger partial charge is 0.321 e. The fourth-order valence-corrected chi connectivity index (χ4v) is 2.86. The minimum atomic E-state index is -0.686. The first-order chi connectivity index (χ1) is 10.1. The third-order valence-electron chi connectivity index (χ3n) is 3.59. The zero-order valence-corrected chi connectivity index (χ0v) is 12.8. The number of aryl methyl sites for hydroxylation is 1. The van der Waals surface area contributed by atoms with Crippen molar-refractivity contribution in [3.63, 3.8) is 0 Å². The summed E-state index contributed by atoms with van der Waals surface area (Å²) in [6.07, 6.45) is 1.43. The summed E-state index contributed by atoms with van der Waals surface area (Å²) in [6, 6.07) is 8.27. The number of thioether (sulfide) groups is 1. The van der Waals surface area contributed by atoms with Gasteiger partial charge in [0, 0.05) is 4.90 Å². The molecule has 3 rings (SSSR count). The van der Waals surface area contributed by atoms with E-state index >= 15 is 0 Å². The van der Waals surface area contributed by atoms with Crippen LogP contribution >= 0.6 is 11.8 Å². The van der Waals surface area contributed by atoms with Crippen molar-refractivity contribution >= 4 is 17.7 Å². The van der Waals surface area contributed by atoms with Crippen molar-refractivity contribution in [2.45, 2.75) is 35.8 Å². The van der Waals surface area contributed by atoms with Crippen LogP contribution < -0.4 is 0 Å². The van der Waals surface area contributed by atoms with Crippen molar-refractivity contribution < 1.29 is 14.1 Å². The van der Waals surface area contributed by atoms with E-state index in [1.165, 1.54) is 12.7 Å². The molecule has 0 N–H and O–H groups in total. The Hall–Kier alpha value is -1.82. The van der Waals surface area contributed by atoms with Gasteiger partial charge in [-0.15, -0.1) is 11.8 Å². The van der Waals surface area contributed by atoms with Gasteiger partial charge in [-0.2, -0.15) is 4.98 Å². The third-order valence-corrected chi connectivity index (χ3v) is 4.60. The van der Waals surface area contributed by atoms with Crippen LogP contribution in [-0.2, 0) is 20.7 Å². The predicted molar refractivity (Wildman–Crippen MR) is 78.0 cm³/mol. The van der Waals surface area contributed by atoms with E-state index in [4.69, 9.17) is 9.26 Å². The largest absolute Gasteiger partial charge is 0.468 e. The lowest BCUT2D eigenvalue weighted by atomic mass is 10.1. The van der Waals surface area contributed by atoms with Gasteiger partial charge < -0.3 is 9.26 Å². The highest BCUT2D eigenvalue weighted by Crippen LogP contribution is 2.48. The number of benzene rings is 1. The highest BCUT2D eigenvalue weighted by atomic mass is 32.2. The lowest BCUT2D eigenvalue weighted by molar-refractivity contribution is -0.144. The van der Waals surface area contributed by atoms with E-state index < -0.39 is 5.41 Å². The fourth-order valence-electron chi connectivity index (χ4n) is 2.12. The maximum absolute atomic E-state index is 11.8. The van der Waals surface area contributed by atoms with Gasteiger partial charge in [-0.05, 0) is 31.9 Å². The number of carbonyl (C=O) groups is 1. The van der Waals surface area contributed by atoms with Gasteiger partial charge in [0.05, 0.1) is 12.9 Å². The van der Waals surface area contributed by atoms with Crippen LogP contribution in [-0.4, -0.2) is 23.2 Å². The van der Waals surface area contributed by atoms with Gasteiger partial charge in [-0.1, -0.05) is 22.9 Å². The van der Waals surface area contributed by atoms with E-state index in [9.17, 15) is 4.79 Å². The second-order valence-electron chi connectivity index (χ2n) is 5.19. The van der Waals surface area contributed by atoms with Crippen molar-refractivity contribution in [1.29, 1.82) is 0 Å². The first-order valence-electron chi connectivity index (χ1n) is 6.75. The molecule has 0 radical (unpaired) electrons. The maximum atomic E-state index is 11.8. The molecular formula is C15H16N2O3S. The van der Waals surface area contributed by atoms with Crippen LogP contribution in [0.15, 0.2) is 33.7 Å². The van der Waals surface area contributed by atoms with Crippen molar-refractivity contribution in [3.8, 4) is 0 Å². The summed E-state index contributed by atoms with van der Waals surface area (Å²) >= 11 is 1.64. The number of nitrogens with zero attached hydrogens (tertiary/aromatic N) is 2. The van der Waals surface area contributed by atoms with Crippen LogP contribution in [0, 0.1) is 6.92 Å². The number of esters is 1. The molecule has 0 unspecified atom stereocenters. The van der Waals surface area contributed by atoms with Crippen molar-refractivity contribution in [2.75, 3.05) is 7.11 Å². The van der Waals surface area contributed by atoms with E-state index in [0.29, 0.717) is 30.3 Å². The minimum absolute atomic E-state index is 0.288. The number of rotatable bonds is 5. The number of hydrogen-bond acceptors (Lipinski definition) is 6. The topological polar surface area (TPSA) is 65.2 Å². The summed E-state index contributed by atoms with van der Waals surface area (Å²) in [7, 11) is 1.38. The van der Waals surface area contributed by atoms with Crippen LogP contribution in [0.2, 0.25) is 0 Å². The normalized spacial score (nSPS) is 15.7. The Labute approximate surface area is 127 Å². The molecule has 0 bridgehead atoms. The molecule has 0 saturated heterocycles. The molecule has 2 aromatic rings. The van der Waals surface area contributed by atoms with E-state index in [2.05, 4.69) is 41.3 Å². The summed E-state index contributed by atoms with van der Waals surface area (Å²) in [5, 5.41) is 3.96. The third kappa shape index (κ3) is 2.81. The number of ether oxygens (including phenoxy) is 1. The van der Waals surface area contributed by atoms with Gasteiger partial charge in [0.25, 0.3) is 0 Å². The van der Waals surface area contributed by atoms with Gasteiger partial charge in [0.2, 0.25) is 5.89 Å². The molecule has 1 saturated carbocycles. The molecule has 1 heterocycles. The Morgan fingerprint density at radius 3 is 2.71 bits per heavy atom. The van der Waals surface area contributed by atoms with Crippen LogP contribution in [0.5, 0.6) is 0 Å². The van der Waals surface area contributed by atoms with E-state index in [1.807, 2.05) is 0 Å². The quantitative estimate of drug-likeness (QED) is 0.625. The first kappa shape index (κ1) is 14.1. The van der Waals surface area contributed by atoms with E-state index in [1.54, 1.807) is 11.8 Å². The molecule has 1 fully saturated rings. The summed E-state index contributed by atoms with van der Waals surface area (Å²) in [4.78, 5) is 17.3. The molecule has 110 valence electrons. The van der Waals surface area contributed by atoms with Crippen LogP contribution in [0.4, 0.5) is 0 Å². The first-order valence-corrected chi connectivity index (χ1v) is 7.73. The molecule has 0 atom stereocenters. The second-order valence-corrected chi connectivity index (χ2v) is 6.24. The Morgan fingerprint density at radius 2 is 2.10 bits per heavy atom. The molecular weight excluding hydrogens is 288 g/mol. The fraction of sp³-hybridized carbons (Fsp3) is 0.400. The number of hydrogen-bond donors (Lipinski definition) is 0. The predicted octanol–water partition coefficient (Wildman–Crippen LogP) is 2.87.